The van der Waals surface area contributed by atoms with Gasteiger partial charge in [-0.1, -0.05) is 11.6 Å². The number of hydrogen-bond acceptors (Lipinski definition) is 4. The highest BCUT2D eigenvalue weighted by Crippen LogP contribution is 2.38. The molecule has 0 aliphatic heterocycles. The van der Waals surface area contributed by atoms with E-state index in [9.17, 15) is 13.2 Å². The predicted octanol–water partition coefficient (Wildman–Crippen LogP) is 5.11. The number of thiophene rings is 1. The Kier molecular flexibility index (Phi) is 3.46. The summed E-state index contributed by atoms with van der Waals surface area (Å²) in [5.41, 5.74) is 1.06. The summed E-state index contributed by atoms with van der Waals surface area (Å²) in [6, 6.07) is 7.43. The molecule has 0 saturated heterocycles. The Morgan fingerprint density at radius 1 is 1.10 bits per heavy atom. The van der Waals surface area contributed by atoms with E-state index in [1.165, 1.54) is 12.3 Å². The van der Waals surface area contributed by atoms with Gasteiger partial charge in [0, 0.05) is 11.6 Å². The van der Waals surface area contributed by atoms with E-state index in [1.807, 2.05) is 0 Å². The zero-order chi connectivity index (χ0) is 15.0. The lowest BCUT2D eigenvalue weighted by atomic mass is 10.2. The standard InChI is InChI=1S/C13H7ClF3N3S/c14-10-3-1-7-8(5-6-18-12(7)20-10)19-11-4-2-9(21-11)13(15,16)17/h1-6H,(H,18,19,20). The van der Waals surface area contributed by atoms with Crippen LogP contribution in [0.3, 0.4) is 0 Å². The van der Waals surface area contributed by atoms with Gasteiger partial charge < -0.3 is 5.32 Å². The maximum atomic E-state index is 12.6. The Morgan fingerprint density at radius 2 is 1.90 bits per heavy atom. The number of hydrogen-bond donors (Lipinski definition) is 1. The van der Waals surface area contributed by atoms with Crippen LogP contribution in [0.5, 0.6) is 0 Å². The minimum absolute atomic E-state index is 0.308. The highest BCUT2D eigenvalue weighted by atomic mass is 35.5. The third-order valence-electron chi connectivity index (χ3n) is 2.71. The van der Waals surface area contributed by atoms with Crippen LogP contribution >= 0.6 is 22.9 Å². The van der Waals surface area contributed by atoms with Gasteiger partial charge in [0.2, 0.25) is 0 Å². The second-order valence-electron chi connectivity index (χ2n) is 4.15. The zero-order valence-corrected chi connectivity index (χ0v) is 11.9. The average Bonchev–Trinajstić information content (AvgIpc) is 2.87. The molecule has 0 aromatic carbocycles. The van der Waals surface area contributed by atoms with Gasteiger partial charge in [-0.2, -0.15) is 13.2 Å². The second-order valence-corrected chi connectivity index (χ2v) is 5.62. The number of rotatable bonds is 2. The molecule has 1 N–H and O–H groups in total. The van der Waals surface area contributed by atoms with Gasteiger partial charge >= 0.3 is 6.18 Å². The van der Waals surface area contributed by atoms with Crippen molar-refractivity contribution in [3.05, 3.63) is 46.6 Å². The molecule has 0 unspecified atom stereocenters. The fourth-order valence-corrected chi connectivity index (χ4v) is 2.73. The first-order valence-electron chi connectivity index (χ1n) is 5.79. The third-order valence-corrected chi connectivity index (χ3v) is 3.97. The van der Waals surface area contributed by atoms with Crippen LogP contribution in [0, 0.1) is 0 Å². The largest absolute Gasteiger partial charge is 0.425 e. The van der Waals surface area contributed by atoms with Crippen LogP contribution in [-0.4, -0.2) is 9.97 Å². The van der Waals surface area contributed by atoms with Crippen molar-refractivity contribution >= 4 is 44.7 Å². The Labute approximate surface area is 126 Å². The molecule has 8 heteroatoms. The van der Waals surface area contributed by atoms with Crippen molar-refractivity contribution in [3.63, 3.8) is 0 Å². The number of anilines is 2. The van der Waals surface area contributed by atoms with E-state index in [-0.39, 0.29) is 0 Å². The molecule has 3 heterocycles. The summed E-state index contributed by atoms with van der Waals surface area (Å²) in [7, 11) is 0. The number of nitrogens with zero attached hydrogens (tertiary/aromatic N) is 2. The summed E-state index contributed by atoms with van der Waals surface area (Å²) >= 11 is 6.43. The molecule has 0 aliphatic rings. The van der Waals surface area contributed by atoms with Crippen LogP contribution in [-0.2, 0) is 6.18 Å². The van der Waals surface area contributed by atoms with Crippen molar-refractivity contribution in [1.82, 2.24) is 9.97 Å². The van der Waals surface area contributed by atoms with E-state index < -0.39 is 11.1 Å². The molecule has 21 heavy (non-hydrogen) atoms. The van der Waals surface area contributed by atoms with Gasteiger partial charge in [0.1, 0.15) is 10.0 Å². The molecule has 0 aliphatic carbocycles. The molecule has 0 saturated carbocycles. The molecule has 0 bridgehead atoms. The number of alkyl halides is 3. The summed E-state index contributed by atoms with van der Waals surface area (Å²) < 4.78 is 37.8. The Hall–Kier alpha value is -1.86. The highest BCUT2D eigenvalue weighted by Gasteiger charge is 2.32. The molecular formula is C13H7ClF3N3S. The summed E-state index contributed by atoms with van der Waals surface area (Å²) in [5, 5.41) is 4.34. The van der Waals surface area contributed by atoms with Gasteiger partial charge in [-0.15, -0.1) is 11.3 Å². The SMILES string of the molecule is FC(F)(F)c1ccc(Nc2ccnc3nc(Cl)ccc23)s1. The first kappa shape index (κ1) is 14.1. The third kappa shape index (κ3) is 2.93. The molecule has 108 valence electrons. The molecule has 0 spiro atoms. The average molecular weight is 330 g/mol. The first-order valence-corrected chi connectivity index (χ1v) is 6.98. The number of nitrogens with one attached hydrogen (secondary N) is 1. The van der Waals surface area contributed by atoms with Crippen molar-refractivity contribution in [2.75, 3.05) is 5.32 Å². The van der Waals surface area contributed by atoms with Crippen LogP contribution in [0.25, 0.3) is 11.0 Å². The molecule has 0 fully saturated rings. The Morgan fingerprint density at radius 3 is 2.62 bits per heavy atom. The summed E-state index contributed by atoms with van der Waals surface area (Å²) in [6.07, 6.45) is -2.81. The van der Waals surface area contributed by atoms with Crippen LogP contribution in [0.4, 0.5) is 23.9 Å². The maximum absolute atomic E-state index is 12.6. The van der Waals surface area contributed by atoms with Gasteiger partial charge in [-0.05, 0) is 30.3 Å². The van der Waals surface area contributed by atoms with Gasteiger partial charge in [0.05, 0.1) is 10.7 Å². The monoisotopic (exact) mass is 329 g/mol. The van der Waals surface area contributed by atoms with Crippen molar-refractivity contribution in [3.8, 4) is 0 Å². The first-order chi connectivity index (χ1) is 9.93. The minimum atomic E-state index is -4.33. The van der Waals surface area contributed by atoms with Crippen molar-refractivity contribution in [2.45, 2.75) is 6.18 Å². The Balaban J connectivity index is 1.97. The van der Waals surface area contributed by atoms with Crippen molar-refractivity contribution < 1.29 is 13.2 Å². The smallest absolute Gasteiger partial charge is 0.347 e. The van der Waals surface area contributed by atoms with Crippen molar-refractivity contribution in [2.24, 2.45) is 0 Å². The summed E-state index contributed by atoms with van der Waals surface area (Å²) in [4.78, 5) is 7.49. The molecule has 0 amide bonds. The normalized spacial score (nSPS) is 11.8. The quantitative estimate of drug-likeness (QED) is 0.664. The van der Waals surface area contributed by atoms with E-state index in [4.69, 9.17) is 11.6 Å². The van der Waals surface area contributed by atoms with Crippen LogP contribution < -0.4 is 5.32 Å². The minimum Gasteiger partial charge on any atom is -0.347 e. The molecule has 3 aromatic rings. The van der Waals surface area contributed by atoms with E-state index in [0.29, 0.717) is 38.2 Å². The maximum Gasteiger partial charge on any atom is 0.425 e. The lowest BCUT2D eigenvalue weighted by molar-refractivity contribution is -0.134. The van der Waals surface area contributed by atoms with E-state index in [0.717, 1.165) is 6.07 Å². The lowest BCUT2D eigenvalue weighted by Crippen LogP contribution is -2.00. The summed E-state index contributed by atoms with van der Waals surface area (Å²) in [6.45, 7) is 0. The summed E-state index contributed by atoms with van der Waals surface area (Å²) in [5.74, 6) is 0. The van der Waals surface area contributed by atoms with Gasteiger partial charge in [0.25, 0.3) is 0 Å². The number of fused-ring (bicyclic) bond motifs is 1. The van der Waals surface area contributed by atoms with E-state index >= 15 is 0 Å². The topological polar surface area (TPSA) is 37.8 Å². The molecule has 3 aromatic heterocycles. The second kappa shape index (κ2) is 5.16. The lowest BCUT2D eigenvalue weighted by Gasteiger charge is -2.07. The molecule has 0 atom stereocenters. The number of halogens is 4. The van der Waals surface area contributed by atoms with Gasteiger partial charge in [-0.3, -0.25) is 0 Å². The van der Waals surface area contributed by atoms with Gasteiger partial charge in [-0.25, -0.2) is 9.97 Å². The fraction of sp³-hybridized carbons (Fsp3) is 0.0769. The molecule has 0 radical (unpaired) electrons. The zero-order valence-electron chi connectivity index (χ0n) is 10.3. The van der Waals surface area contributed by atoms with E-state index in [1.54, 1.807) is 18.2 Å². The fourth-order valence-electron chi connectivity index (χ4n) is 1.81. The Bertz CT molecular complexity index is 801. The van der Waals surface area contributed by atoms with Crippen LogP contribution in [0.1, 0.15) is 4.88 Å². The van der Waals surface area contributed by atoms with Crippen molar-refractivity contribution in [1.29, 1.82) is 0 Å². The molecular weight excluding hydrogens is 323 g/mol. The van der Waals surface area contributed by atoms with E-state index in [2.05, 4.69) is 15.3 Å². The molecule has 3 rings (SSSR count). The molecule has 3 nitrogen and oxygen atoms in total. The number of aromatic nitrogens is 2. The highest BCUT2D eigenvalue weighted by molar-refractivity contribution is 7.16. The van der Waals surface area contributed by atoms with Gasteiger partial charge in [0.15, 0.2) is 5.65 Å². The number of pyridine rings is 2. The predicted molar refractivity (Wildman–Crippen MR) is 77.2 cm³/mol. The van der Waals surface area contributed by atoms with Crippen LogP contribution in [0.15, 0.2) is 36.5 Å². The van der Waals surface area contributed by atoms with Crippen LogP contribution in [0.2, 0.25) is 5.15 Å².